The summed E-state index contributed by atoms with van der Waals surface area (Å²) in [4.78, 5) is 27.9. The first-order chi connectivity index (χ1) is 11.4. The summed E-state index contributed by atoms with van der Waals surface area (Å²) in [6, 6.07) is 7.56. The van der Waals surface area contributed by atoms with Crippen LogP contribution in [0.1, 0.15) is 25.3 Å². The van der Waals surface area contributed by atoms with Crippen LogP contribution in [0.3, 0.4) is 0 Å². The van der Waals surface area contributed by atoms with E-state index >= 15 is 0 Å². The second-order valence-electron chi connectivity index (χ2n) is 6.47. The van der Waals surface area contributed by atoms with E-state index in [4.69, 9.17) is 10.5 Å². The highest BCUT2D eigenvalue weighted by atomic mass is 16.5. The van der Waals surface area contributed by atoms with Gasteiger partial charge in [-0.15, -0.1) is 0 Å². The smallest absolute Gasteiger partial charge is 0.239 e. The van der Waals surface area contributed by atoms with Crippen molar-refractivity contribution in [1.82, 2.24) is 9.80 Å². The minimum atomic E-state index is -0.315. The van der Waals surface area contributed by atoms with Crippen molar-refractivity contribution in [3.8, 4) is 5.75 Å². The minimum Gasteiger partial charge on any atom is -0.497 e. The summed E-state index contributed by atoms with van der Waals surface area (Å²) < 4.78 is 5.24. The number of nitrogens with two attached hydrogens (primary N) is 1. The normalized spacial score (nSPS) is 19.2. The maximum Gasteiger partial charge on any atom is 0.239 e. The third-order valence-electron chi connectivity index (χ3n) is 4.72. The molecule has 0 saturated carbocycles. The number of amides is 2. The fourth-order valence-corrected chi connectivity index (χ4v) is 3.06. The Morgan fingerprint density at radius 3 is 2.88 bits per heavy atom. The summed E-state index contributed by atoms with van der Waals surface area (Å²) >= 11 is 0. The Bertz CT molecular complexity index is 591. The lowest BCUT2D eigenvalue weighted by molar-refractivity contribution is -0.139. The molecule has 2 rings (SSSR count). The first kappa shape index (κ1) is 18.3. The van der Waals surface area contributed by atoms with E-state index in [1.54, 1.807) is 12.0 Å². The molecule has 0 bridgehead atoms. The highest BCUT2D eigenvalue weighted by molar-refractivity contribution is 5.83. The number of piperidine rings is 1. The monoisotopic (exact) mass is 333 g/mol. The molecule has 1 saturated heterocycles. The first-order valence-electron chi connectivity index (χ1n) is 8.33. The number of primary amides is 1. The molecule has 1 aromatic rings. The zero-order valence-corrected chi connectivity index (χ0v) is 14.7. The van der Waals surface area contributed by atoms with Gasteiger partial charge in [-0.1, -0.05) is 12.1 Å². The molecule has 0 aromatic heterocycles. The standard InChI is InChI=1S/C18H27N3O3/c1-13(18(23)21-9-5-7-15(12-21)17(19)22)20(2)11-14-6-4-8-16(10-14)24-3/h4,6,8,10,13,15H,5,7,9,11-12H2,1-3H3,(H2,19,22)/t13-,15+/m0/s1. The van der Waals surface area contributed by atoms with E-state index in [-0.39, 0.29) is 23.8 Å². The molecule has 6 nitrogen and oxygen atoms in total. The summed E-state index contributed by atoms with van der Waals surface area (Å²) in [6.45, 7) is 3.68. The van der Waals surface area contributed by atoms with Crippen molar-refractivity contribution in [1.29, 1.82) is 0 Å². The minimum absolute atomic E-state index is 0.0475. The molecule has 0 spiro atoms. The second kappa shape index (κ2) is 8.15. The van der Waals surface area contributed by atoms with Gasteiger partial charge in [-0.3, -0.25) is 14.5 Å². The molecule has 2 atom stereocenters. The van der Waals surface area contributed by atoms with Gasteiger partial charge in [0.15, 0.2) is 0 Å². The van der Waals surface area contributed by atoms with Crippen molar-refractivity contribution in [2.24, 2.45) is 11.7 Å². The van der Waals surface area contributed by atoms with Crippen LogP contribution < -0.4 is 10.5 Å². The van der Waals surface area contributed by atoms with E-state index < -0.39 is 0 Å². The van der Waals surface area contributed by atoms with Crippen LogP contribution in [0.25, 0.3) is 0 Å². The quantitative estimate of drug-likeness (QED) is 0.850. The lowest BCUT2D eigenvalue weighted by atomic mass is 9.97. The number of hydrogen-bond donors (Lipinski definition) is 1. The molecular formula is C18H27N3O3. The first-order valence-corrected chi connectivity index (χ1v) is 8.33. The average molecular weight is 333 g/mol. The summed E-state index contributed by atoms with van der Waals surface area (Å²) in [5.74, 6) is 0.315. The number of ether oxygens (including phenoxy) is 1. The van der Waals surface area contributed by atoms with Crippen LogP contribution in [-0.2, 0) is 16.1 Å². The number of carbonyl (C=O) groups excluding carboxylic acids is 2. The number of rotatable bonds is 6. The van der Waals surface area contributed by atoms with Crippen molar-refractivity contribution in [2.45, 2.75) is 32.4 Å². The summed E-state index contributed by atoms with van der Waals surface area (Å²) in [5.41, 5.74) is 6.48. The highest BCUT2D eigenvalue weighted by Crippen LogP contribution is 2.19. The van der Waals surface area contributed by atoms with E-state index in [0.29, 0.717) is 19.6 Å². The molecule has 1 aliphatic heterocycles. The van der Waals surface area contributed by atoms with E-state index in [0.717, 1.165) is 24.2 Å². The lowest BCUT2D eigenvalue weighted by Crippen LogP contribution is -2.50. The van der Waals surface area contributed by atoms with Gasteiger partial charge >= 0.3 is 0 Å². The SMILES string of the molecule is COc1cccc(CN(C)[C@@H](C)C(=O)N2CCC[C@@H](C(N)=O)C2)c1. The van der Waals surface area contributed by atoms with Crippen molar-refractivity contribution >= 4 is 11.8 Å². The number of carbonyl (C=O) groups is 2. The zero-order valence-electron chi connectivity index (χ0n) is 14.7. The fraction of sp³-hybridized carbons (Fsp3) is 0.556. The third-order valence-corrected chi connectivity index (χ3v) is 4.72. The fourth-order valence-electron chi connectivity index (χ4n) is 3.06. The van der Waals surface area contributed by atoms with Gasteiger partial charge in [0.1, 0.15) is 5.75 Å². The number of likely N-dealkylation sites (N-methyl/N-ethyl adjacent to an activating group) is 1. The van der Waals surface area contributed by atoms with Crippen molar-refractivity contribution in [3.63, 3.8) is 0 Å². The summed E-state index contributed by atoms with van der Waals surface area (Å²) in [5, 5.41) is 0. The van der Waals surface area contributed by atoms with E-state index in [1.807, 2.05) is 43.1 Å². The van der Waals surface area contributed by atoms with Crippen LogP contribution in [0.5, 0.6) is 5.75 Å². The zero-order chi connectivity index (χ0) is 17.7. The van der Waals surface area contributed by atoms with Crippen LogP contribution in [-0.4, -0.2) is 54.9 Å². The van der Waals surface area contributed by atoms with E-state index in [1.165, 1.54) is 0 Å². The molecule has 1 aromatic carbocycles. The Balaban J connectivity index is 1.97. The average Bonchev–Trinajstić information content (AvgIpc) is 2.60. The number of likely N-dealkylation sites (tertiary alicyclic amines) is 1. The number of methoxy groups -OCH3 is 1. The number of benzene rings is 1. The Morgan fingerprint density at radius 2 is 2.21 bits per heavy atom. The molecule has 24 heavy (non-hydrogen) atoms. The lowest BCUT2D eigenvalue weighted by Gasteiger charge is -2.35. The molecule has 2 amide bonds. The molecule has 132 valence electrons. The third kappa shape index (κ3) is 4.47. The van der Waals surface area contributed by atoms with Crippen molar-refractivity contribution < 1.29 is 14.3 Å². The Hall–Kier alpha value is -2.08. The van der Waals surface area contributed by atoms with Gasteiger partial charge in [0.2, 0.25) is 11.8 Å². The van der Waals surface area contributed by atoms with Gasteiger partial charge in [-0.05, 0) is 44.5 Å². The molecule has 0 radical (unpaired) electrons. The number of nitrogens with zero attached hydrogens (tertiary/aromatic N) is 2. The molecule has 1 fully saturated rings. The van der Waals surface area contributed by atoms with E-state index in [2.05, 4.69) is 0 Å². The maximum atomic E-state index is 12.7. The van der Waals surface area contributed by atoms with Gasteiger partial charge < -0.3 is 15.4 Å². The largest absolute Gasteiger partial charge is 0.497 e. The van der Waals surface area contributed by atoms with Crippen LogP contribution in [0.15, 0.2) is 24.3 Å². The predicted molar refractivity (Wildman–Crippen MR) is 92.4 cm³/mol. The Kier molecular flexibility index (Phi) is 6.20. The predicted octanol–water partition coefficient (Wildman–Crippen LogP) is 1.24. The van der Waals surface area contributed by atoms with Gasteiger partial charge in [0, 0.05) is 19.6 Å². The maximum absolute atomic E-state index is 12.7. The van der Waals surface area contributed by atoms with Crippen molar-refractivity contribution in [2.75, 3.05) is 27.2 Å². The molecule has 0 unspecified atom stereocenters. The van der Waals surface area contributed by atoms with Crippen LogP contribution in [0.2, 0.25) is 0 Å². The summed E-state index contributed by atoms with van der Waals surface area (Å²) in [7, 11) is 3.57. The van der Waals surface area contributed by atoms with Crippen LogP contribution in [0.4, 0.5) is 0 Å². The Labute approximate surface area is 143 Å². The van der Waals surface area contributed by atoms with Crippen LogP contribution in [0, 0.1) is 5.92 Å². The van der Waals surface area contributed by atoms with Gasteiger partial charge in [0.05, 0.1) is 19.1 Å². The van der Waals surface area contributed by atoms with Crippen molar-refractivity contribution in [3.05, 3.63) is 29.8 Å². The molecule has 0 aliphatic carbocycles. The summed E-state index contributed by atoms with van der Waals surface area (Å²) in [6.07, 6.45) is 1.60. The van der Waals surface area contributed by atoms with Gasteiger partial charge in [-0.2, -0.15) is 0 Å². The molecular weight excluding hydrogens is 306 g/mol. The Morgan fingerprint density at radius 1 is 1.46 bits per heavy atom. The van der Waals surface area contributed by atoms with Crippen LogP contribution >= 0.6 is 0 Å². The van der Waals surface area contributed by atoms with Gasteiger partial charge in [-0.25, -0.2) is 0 Å². The molecule has 2 N–H and O–H groups in total. The van der Waals surface area contributed by atoms with Gasteiger partial charge in [0.25, 0.3) is 0 Å². The second-order valence-corrected chi connectivity index (χ2v) is 6.47. The number of hydrogen-bond acceptors (Lipinski definition) is 4. The molecule has 1 heterocycles. The topological polar surface area (TPSA) is 75.9 Å². The molecule has 1 aliphatic rings. The molecule has 6 heteroatoms. The highest BCUT2D eigenvalue weighted by Gasteiger charge is 2.30. The van der Waals surface area contributed by atoms with E-state index in [9.17, 15) is 9.59 Å².